The van der Waals surface area contributed by atoms with Crippen molar-refractivity contribution < 1.29 is 14.7 Å². The van der Waals surface area contributed by atoms with E-state index in [1.54, 1.807) is 0 Å². The van der Waals surface area contributed by atoms with Gasteiger partial charge in [-0.1, -0.05) is 13.3 Å². The first kappa shape index (κ1) is 14.0. The van der Waals surface area contributed by atoms with Crippen LogP contribution in [0.2, 0.25) is 0 Å². The Morgan fingerprint density at radius 3 is 2.84 bits per heavy atom. The molecule has 5 nitrogen and oxygen atoms in total. The van der Waals surface area contributed by atoms with Gasteiger partial charge in [0.2, 0.25) is 0 Å². The second kappa shape index (κ2) is 5.69. The molecule has 0 radical (unpaired) electrons. The summed E-state index contributed by atoms with van der Waals surface area (Å²) in [5, 5.41) is 10.1. The summed E-state index contributed by atoms with van der Waals surface area (Å²) >= 11 is 1.31. The normalized spacial score (nSPS) is 23.4. The molecule has 1 saturated heterocycles. The summed E-state index contributed by atoms with van der Waals surface area (Å²) in [4.78, 5) is 29.8. The predicted octanol–water partition coefficient (Wildman–Crippen LogP) is 2.17. The molecular weight excluding hydrogens is 264 g/mol. The van der Waals surface area contributed by atoms with Crippen LogP contribution in [0.4, 0.5) is 0 Å². The third-order valence-electron chi connectivity index (χ3n) is 3.67. The van der Waals surface area contributed by atoms with Gasteiger partial charge >= 0.3 is 5.97 Å². The lowest BCUT2D eigenvalue weighted by Gasteiger charge is -2.36. The Morgan fingerprint density at radius 2 is 2.32 bits per heavy atom. The molecule has 19 heavy (non-hydrogen) atoms. The van der Waals surface area contributed by atoms with E-state index >= 15 is 0 Å². The quantitative estimate of drug-likeness (QED) is 0.922. The molecule has 104 valence electrons. The van der Waals surface area contributed by atoms with Crippen LogP contribution in [0.25, 0.3) is 0 Å². The molecule has 1 amide bonds. The monoisotopic (exact) mass is 282 g/mol. The lowest BCUT2D eigenvalue weighted by molar-refractivity contribution is -0.144. The van der Waals surface area contributed by atoms with Gasteiger partial charge in [-0.05, 0) is 25.7 Å². The van der Waals surface area contributed by atoms with E-state index < -0.39 is 12.0 Å². The first-order chi connectivity index (χ1) is 9.02. The van der Waals surface area contributed by atoms with E-state index in [-0.39, 0.29) is 5.91 Å². The number of carbonyl (C=O) groups is 2. The van der Waals surface area contributed by atoms with Crippen LogP contribution in [-0.2, 0) is 4.79 Å². The van der Waals surface area contributed by atoms with Gasteiger partial charge in [0.15, 0.2) is 0 Å². The van der Waals surface area contributed by atoms with Crippen LogP contribution in [0, 0.1) is 12.8 Å². The van der Waals surface area contributed by atoms with Crippen molar-refractivity contribution in [3.8, 4) is 0 Å². The van der Waals surface area contributed by atoms with Crippen LogP contribution >= 0.6 is 11.3 Å². The third kappa shape index (κ3) is 2.94. The van der Waals surface area contributed by atoms with Crippen LogP contribution < -0.4 is 0 Å². The van der Waals surface area contributed by atoms with Gasteiger partial charge in [0.05, 0.1) is 11.2 Å². The van der Waals surface area contributed by atoms with Crippen molar-refractivity contribution in [1.29, 1.82) is 0 Å². The Balaban J connectivity index is 2.17. The van der Waals surface area contributed by atoms with Gasteiger partial charge in [-0.15, -0.1) is 11.3 Å². The molecule has 1 aliphatic rings. The van der Waals surface area contributed by atoms with Crippen molar-refractivity contribution >= 4 is 23.2 Å². The van der Waals surface area contributed by atoms with Crippen molar-refractivity contribution in [3.05, 3.63) is 16.1 Å². The average molecular weight is 282 g/mol. The molecule has 2 heterocycles. The maximum absolute atomic E-state index is 12.4. The zero-order valence-corrected chi connectivity index (χ0v) is 11.9. The van der Waals surface area contributed by atoms with Gasteiger partial charge in [0.25, 0.3) is 5.91 Å². The summed E-state index contributed by atoms with van der Waals surface area (Å²) in [5.41, 5.74) is 0. The molecule has 0 aliphatic carbocycles. The van der Waals surface area contributed by atoms with E-state index in [0.29, 0.717) is 23.8 Å². The van der Waals surface area contributed by atoms with E-state index in [1.165, 1.54) is 22.4 Å². The molecular formula is C13H18N2O3S. The fraction of sp³-hybridized carbons (Fsp3) is 0.615. The van der Waals surface area contributed by atoms with E-state index in [9.17, 15) is 14.7 Å². The molecule has 2 atom stereocenters. The summed E-state index contributed by atoms with van der Waals surface area (Å²) in [5.74, 6) is -0.714. The Morgan fingerprint density at radius 1 is 1.58 bits per heavy atom. The van der Waals surface area contributed by atoms with Crippen molar-refractivity contribution in [3.63, 3.8) is 0 Å². The molecule has 1 aromatic heterocycles. The van der Waals surface area contributed by atoms with Crippen molar-refractivity contribution in [1.82, 2.24) is 9.88 Å². The number of carboxylic acids is 1. The lowest BCUT2D eigenvalue weighted by atomic mass is 9.89. The van der Waals surface area contributed by atoms with Gasteiger partial charge < -0.3 is 10.0 Å². The van der Waals surface area contributed by atoms with Crippen molar-refractivity contribution in [2.24, 2.45) is 5.92 Å². The van der Waals surface area contributed by atoms with Crippen LogP contribution in [0.3, 0.4) is 0 Å². The Bertz CT molecular complexity index is 486. The Hall–Kier alpha value is -1.43. The molecule has 0 saturated carbocycles. The van der Waals surface area contributed by atoms with E-state index in [1.807, 2.05) is 6.92 Å². The number of aryl methyl sites for hydroxylation is 1. The molecule has 1 aromatic rings. The van der Waals surface area contributed by atoms with E-state index in [2.05, 4.69) is 11.9 Å². The van der Waals surface area contributed by atoms with E-state index in [0.717, 1.165) is 17.8 Å². The standard InChI is InChI=1S/C13H18N2O3S/c1-3-9-4-5-15(10(6-9)13(17)18)12(16)11-7-14-8(2)19-11/h7,9-10H,3-6H2,1-2H3,(H,17,18). The number of amides is 1. The van der Waals surface area contributed by atoms with Gasteiger partial charge in [-0.3, -0.25) is 4.79 Å². The van der Waals surface area contributed by atoms with Crippen molar-refractivity contribution in [2.75, 3.05) is 6.54 Å². The largest absolute Gasteiger partial charge is 0.480 e. The highest BCUT2D eigenvalue weighted by Gasteiger charge is 2.36. The number of rotatable bonds is 3. The average Bonchev–Trinajstić information content (AvgIpc) is 2.83. The number of nitrogens with zero attached hydrogens (tertiary/aromatic N) is 2. The highest BCUT2D eigenvalue weighted by Crippen LogP contribution is 2.27. The minimum atomic E-state index is -0.910. The summed E-state index contributed by atoms with van der Waals surface area (Å²) in [6.07, 6.45) is 3.93. The Labute approximate surface area is 116 Å². The molecule has 0 aromatic carbocycles. The van der Waals surface area contributed by atoms with Gasteiger partial charge in [0.1, 0.15) is 10.9 Å². The van der Waals surface area contributed by atoms with Crippen molar-refractivity contribution in [2.45, 2.75) is 39.2 Å². The third-order valence-corrected chi connectivity index (χ3v) is 4.57. The molecule has 2 rings (SSSR count). The first-order valence-corrected chi connectivity index (χ1v) is 7.30. The van der Waals surface area contributed by atoms with Gasteiger partial charge in [-0.2, -0.15) is 0 Å². The fourth-order valence-corrected chi connectivity index (χ4v) is 3.22. The second-order valence-electron chi connectivity index (χ2n) is 4.89. The minimum absolute atomic E-state index is 0.201. The number of carbonyl (C=O) groups excluding carboxylic acids is 1. The topological polar surface area (TPSA) is 70.5 Å². The molecule has 1 aliphatic heterocycles. The summed E-state index contributed by atoms with van der Waals surface area (Å²) < 4.78 is 0. The summed E-state index contributed by atoms with van der Waals surface area (Å²) in [6.45, 7) is 4.41. The zero-order valence-electron chi connectivity index (χ0n) is 11.1. The zero-order chi connectivity index (χ0) is 14.0. The smallest absolute Gasteiger partial charge is 0.326 e. The van der Waals surface area contributed by atoms with E-state index in [4.69, 9.17) is 0 Å². The van der Waals surface area contributed by atoms with Crippen LogP contribution in [0.15, 0.2) is 6.20 Å². The molecule has 2 unspecified atom stereocenters. The van der Waals surface area contributed by atoms with Gasteiger partial charge in [0, 0.05) is 6.54 Å². The molecule has 1 fully saturated rings. The maximum Gasteiger partial charge on any atom is 0.326 e. The Kier molecular flexibility index (Phi) is 4.19. The molecule has 0 spiro atoms. The summed E-state index contributed by atoms with van der Waals surface area (Å²) in [7, 11) is 0. The number of carboxylic acid groups (broad SMARTS) is 1. The highest BCUT2D eigenvalue weighted by atomic mass is 32.1. The summed E-state index contributed by atoms with van der Waals surface area (Å²) in [6, 6.07) is -0.700. The molecule has 1 N–H and O–H groups in total. The predicted molar refractivity (Wildman–Crippen MR) is 72.3 cm³/mol. The van der Waals surface area contributed by atoms with Crippen LogP contribution in [0.5, 0.6) is 0 Å². The van der Waals surface area contributed by atoms with Gasteiger partial charge in [-0.25, -0.2) is 9.78 Å². The first-order valence-electron chi connectivity index (χ1n) is 6.49. The number of thiazole rings is 1. The molecule has 0 bridgehead atoms. The number of piperidine rings is 1. The number of aliphatic carboxylic acids is 1. The lowest BCUT2D eigenvalue weighted by Crippen LogP contribution is -2.49. The maximum atomic E-state index is 12.4. The number of likely N-dealkylation sites (tertiary alicyclic amines) is 1. The number of hydrogen-bond acceptors (Lipinski definition) is 4. The number of hydrogen-bond donors (Lipinski definition) is 1. The van der Waals surface area contributed by atoms with Crippen LogP contribution in [-0.4, -0.2) is 39.5 Å². The van der Waals surface area contributed by atoms with Crippen LogP contribution in [0.1, 0.15) is 40.9 Å². The highest BCUT2D eigenvalue weighted by molar-refractivity contribution is 7.13. The fourth-order valence-electron chi connectivity index (χ4n) is 2.49. The molecule has 6 heteroatoms. The number of aromatic nitrogens is 1. The SMILES string of the molecule is CCC1CCN(C(=O)c2cnc(C)s2)C(C(=O)O)C1. The minimum Gasteiger partial charge on any atom is -0.480 e. The second-order valence-corrected chi connectivity index (χ2v) is 6.13.